The highest BCUT2D eigenvalue weighted by Gasteiger charge is 2.15. The minimum atomic E-state index is -0.524. The largest absolute Gasteiger partial charge is 0.466 e. The summed E-state index contributed by atoms with van der Waals surface area (Å²) < 4.78 is 4.69. The van der Waals surface area contributed by atoms with Crippen molar-refractivity contribution in [2.75, 3.05) is 6.61 Å². The average molecular weight is 241 g/mol. The van der Waals surface area contributed by atoms with Crippen LogP contribution in [0.25, 0.3) is 0 Å². The maximum Gasteiger partial charge on any atom is 0.313 e. The average Bonchev–Trinajstić information content (AvgIpc) is 2.17. The van der Waals surface area contributed by atoms with Crippen LogP contribution in [0.1, 0.15) is 29.3 Å². The first-order valence-electron chi connectivity index (χ1n) is 4.99. The molecule has 3 nitrogen and oxygen atoms in total. The van der Waals surface area contributed by atoms with Gasteiger partial charge in [0.2, 0.25) is 0 Å². The normalized spacial score (nSPS) is 9.94. The lowest BCUT2D eigenvalue weighted by Gasteiger charge is -2.04. The van der Waals surface area contributed by atoms with Crippen LogP contribution in [0.15, 0.2) is 18.2 Å². The number of ether oxygens (including phenoxy) is 1. The maximum atomic E-state index is 11.7. The lowest BCUT2D eigenvalue weighted by Crippen LogP contribution is -2.11. The van der Waals surface area contributed by atoms with Crippen molar-refractivity contribution in [2.45, 2.75) is 20.3 Å². The van der Waals surface area contributed by atoms with Gasteiger partial charge in [0.15, 0.2) is 5.78 Å². The fourth-order valence-electron chi connectivity index (χ4n) is 1.28. The number of esters is 1. The van der Waals surface area contributed by atoms with Gasteiger partial charge in [-0.05, 0) is 31.5 Å². The summed E-state index contributed by atoms with van der Waals surface area (Å²) in [5.41, 5.74) is 1.33. The van der Waals surface area contributed by atoms with Gasteiger partial charge in [-0.15, -0.1) is 0 Å². The first kappa shape index (κ1) is 12.7. The minimum Gasteiger partial charge on any atom is -0.466 e. The summed E-state index contributed by atoms with van der Waals surface area (Å²) in [5, 5.41) is 0.370. The van der Waals surface area contributed by atoms with Crippen molar-refractivity contribution >= 4 is 23.4 Å². The highest BCUT2D eigenvalue weighted by atomic mass is 35.5. The molecule has 0 amide bonds. The Morgan fingerprint density at radius 3 is 2.62 bits per heavy atom. The zero-order valence-corrected chi connectivity index (χ0v) is 10.0. The van der Waals surface area contributed by atoms with Crippen molar-refractivity contribution in [1.29, 1.82) is 0 Å². The molecule has 0 aliphatic carbocycles. The second-order valence-electron chi connectivity index (χ2n) is 3.39. The summed E-state index contributed by atoms with van der Waals surface area (Å²) in [7, 11) is 0. The summed E-state index contributed by atoms with van der Waals surface area (Å²) >= 11 is 5.91. The Morgan fingerprint density at radius 1 is 1.38 bits per heavy atom. The Kier molecular flexibility index (Phi) is 4.50. The van der Waals surface area contributed by atoms with Gasteiger partial charge >= 0.3 is 5.97 Å². The number of halogens is 1. The van der Waals surface area contributed by atoms with Crippen LogP contribution in [0.5, 0.6) is 0 Å². The molecule has 0 saturated carbocycles. The topological polar surface area (TPSA) is 43.4 Å². The SMILES string of the molecule is CCOC(=O)CC(=O)c1ccc(C)cc1Cl. The van der Waals surface area contributed by atoms with Gasteiger partial charge in [0.1, 0.15) is 6.42 Å². The Labute approximate surface area is 99.4 Å². The highest BCUT2D eigenvalue weighted by molar-refractivity contribution is 6.34. The van der Waals surface area contributed by atoms with Crippen LogP contribution in [0.2, 0.25) is 5.02 Å². The van der Waals surface area contributed by atoms with Gasteiger partial charge in [-0.25, -0.2) is 0 Å². The zero-order valence-electron chi connectivity index (χ0n) is 9.25. The number of carbonyl (C=O) groups excluding carboxylic acids is 2. The van der Waals surface area contributed by atoms with Gasteiger partial charge in [-0.2, -0.15) is 0 Å². The molecule has 16 heavy (non-hydrogen) atoms. The van der Waals surface area contributed by atoms with Crippen molar-refractivity contribution in [2.24, 2.45) is 0 Å². The summed E-state index contributed by atoms with van der Waals surface area (Å²) in [6.45, 7) is 3.85. The van der Waals surface area contributed by atoms with E-state index in [0.717, 1.165) is 5.56 Å². The molecule has 0 bridgehead atoms. The quantitative estimate of drug-likeness (QED) is 0.462. The molecule has 0 aliphatic heterocycles. The second kappa shape index (κ2) is 5.66. The van der Waals surface area contributed by atoms with Crippen LogP contribution in [-0.4, -0.2) is 18.4 Å². The Bertz CT molecular complexity index is 413. The van der Waals surface area contributed by atoms with Gasteiger partial charge in [0.05, 0.1) is 11.6 Å². The predicted molar refractivity (Wildman–Crippen MR) is 61.8 cm³/mol. The van der Waals surface area contributed by atoms with Crippen molar-refractivity contribution in [3.8, 4) is 0 Å². The Hall–Kier alpha value is -1.35. The molecule has 1 aromatic carbocycles. The predicted octanol–water partition coefficient (Wildman–Crippen LogP) is 2.78. The Morgan fingerprint density at radius 2 is 2.06 bits per heavy atom. The molecule has 0 atom stereocenters. The summed E-state index contributed by atoms with van der Waals surface area (Å²) in [6.07, 6.45) is -0.267. The summed E-state index contributed by atoms with van der Waals surface area (Å²) in [5.74, 6) is -0.840. The fourth-order valence-corrected chi connectivity index (χ4v) is 1.63. The third-order valence-electron chi connectivity index (χ3n) is 2.04. The summed E-state index contributed by atoms with van der Waals surface area (Å²) in [4.78, 5) is 22.8. The minimum absolute atomic E-state index is 0.267. The van der Waals surface area contributed by atoms with Crippen molar-refractivity contribution in [1.82, 2.24) is 0 Å². The first-order valence-corrected chi connectivity index (χ1v) is 5.37. The zero-order chi connectivity index (χ0) is 12.1. The van der Waals surface area contributed by atoms with Crippen molar-refractivity contribution < 1.29 is 14.3 Å². The van der Waals surface area contributed by atoms with E-state index in [-0.39, 0.29) is 18.8 Å². The van der Waals surface area contributed by atoms with E-state index in [2.05, 4.69) is 0 Å². The molecule has 1 aromatic rings. The molecule has 0 radical (unpaired) electrons. The third kappa shape index (κ3) is 3.35. The molecule has 1 rings (SSSR count). The van der Waals surface area contributed by atoms with E-state index in [1.165, 1.54) is 0 Å². The fraction of sp³-hybridized carbons (Fsp3) is 0.333. The molecule has 0 aliphatic rings. The monoisotopic (exact) mass is 240 g/mol. The molecule has 86 valence electrons. The lowest BCUT2D eigenvalue weighted by atomic mass is 10.1. The van der Waals surface area contributed by atoms with Crippen LogP contribution in [0.4, 0.5) is 0 Å². The number of benzene rings is 1. The van der Waals surface area contributed by atoms with Gasteiger partial charge < -0.3 is 4.74 Å². The van der Waals surface area contributed by atoms with Gasteiger partial charge in [-0.1, -0.05) is 17.7 Å². The molecular weight excluding hydrogens is 228 g/mol. The van der Waals surface area contributed by atoms with Gasteiger partial charge in [0.25, 0.3) is 0 Å². The second-order valence-corrected chi connectivity index (χ2v) is 3.80. The van der Waals surface area contributed by atoms with Gasteiger partial charge in [-0.3, -0.25) is 9.59 Å². The van der Waals surface area contributed by atoms with Crippen LogP contribution >= 0.6 is 11.6 Å². The first-order chi connectivity index (χ1) is 7.54. The standard InChI is InChI=1S/C12H13ClO3/c1-3-16-12(15)7-11(14)9-5-4-8(2)6-10(9)13/h4-6H,3,7H2,1-2H3. The number of hydrogen-bond donors (Lipinski definition) is 0. The molecule has 0 heterocycles. The molecule has 0 saturated heterocycles. The van der Waals surface area contributed by atoms with E-state index >= 15 is 0 Å². The maximum absolute atomic E-state index is 11.7. The number of ketones is 1. The van der Waals surface area contributed by atoms with Crippen LogP contribution < -0.4 is 0 Å². The van der Waals surface area contributed by atoms with Crippen LogP contribution in [0, 0.1) is 6.92 Å². The number of Topliss-reactive ketones (excluding diaryl/α,β-unsaturated/α-hetero) is 1. The van der Waals surface area contributed by atoms with E-state index in [0.29, 0.717) is 10.6 Å². The lowest BCUT2D eigenvalue weighted by molar-refractivity contribution is -0.141. The van der Waals surface area contributed by atoms with Crippen LogP contribution in [0.3, 0.4) is 0 Å². The van der Waals surface area contributed by atoms with E-state index in [1.807, 2.05) is 6.92 Å². The van der Waals surface area contributed by atoms with E-state index < -0.39 is 5.97 Å². The number of aryl methyl sites for hydroxylation is 1. The smallest absolute Gasteiger partial charge is 0.313 e. The highest BCUT2D eigenvalue weighted by Crippen LogP contribution is 2.19. The van der Waals surface area contributed by atoms with E-state index in [1.54, 1.807) is 25.1 Å². The van der Waals surface area contributed by atoms with Crippen LogP contribution in [-0.2, 0) is 9.53 Å². The third-order valence-corrected chi connectivity index (χ3v) is 2.35. The molecule has 4 heteroatoms. The molecule has 0 aromatic heterocycles. The molecule has 0 unspecified atom stereocenters. The molecule has 0 fully saturated rings. The molecular formula is C12H13ClO3. The number of carbonyl (C=O) groups is 2. The molecule has 0 N–H and O–H groups in total. The molecule has 0 spiro atoms. The van der Waals surface area contributed by atoms with Crippen molar-refractivity contribution in [3.05, 3.63) is 34.3 Å². The number of rotatable bonds is 4. The van der Waals surface area contributed by atoms with Gasteiger partial charge in [0, 0.05) is 5.56 Å². The summed E-state index contributed by atoms with van der Waals surface area (Å²) in [6, 6.07) is 5.10. The van der Waals surface area contributed by atoms with Crippen molar-refractivity contribution in [3.63, 3.8) is 0 Å². The van der Waals surface area contributed by atoms with E-state index in [4.69, 9.17) is 16.3 Å². The Balaban J connectivity index is 2.77. The number of hydrogen-bond acceptors (Lipinski definition) is 3. The van der Waals surface area contributed by atoms with E-state index in [9.17, 15) is 9.59 Å².